The van der Waals surface area contributed by atoms with Crippen molar-refractivity contribution in [3.05, 3.63) is 58.3 Å². The quantitative estimate of drug-likeness (QED) is 0.625. The number of amides is 1. The third-order valence-corrected chi connectivity index (χ3v) is 3.52. The predicted octanol–water partition coefficient (Wildman–Crippen LogP) is 3.23. The molecule has 2 rings (SSSR count). The lowest BCUT2D eigenvalue weighted by atomic mass is 10.1. The van der Waals surface area contributed by atoms with E-state index in [1.165, 1.54) is 20.0 Å². The van der Waals surface area contributed by atoms with Crippen LogP contribution in [0.25, 0.3) is 0 Å². The summed E-state index contributed by atoms with van der Waals surface area (Å²) < 4.78 is 5.83. The molecule has 0 aliphatic carbocycles. The zero-order valence-electron chi connectivity index (χ0n) is 13.1. The second-order valence-electron chi connectivity index (χ2n) is 5.06. The number of ketones is 1. The number of rotatable bonds is 5. The summed E-state index contributed by atoms with van der Waals surface area (Å²) in [6.45, 7) is 2.91. The Balaban J connectivity index is 2.03. The van der Waals surface area contributed by atoms with E-state index in [2.05, 4.69) is 26.2 Å². The maximum Gasteiger partial charge on any atom is 0.340 e. The Labute approximate surface area is 147 Å². The Morgan fingerprint density at radius 1 is 1.12 bits per heavy atom. The summed E-state index contributed by atoms with van der Waals surface area (Å²) in [7, 11) is 0. The number of anilines is 1. The van der Waals surface area contributed by atoms with Crippen LogP contribution in [0.1, 0.15) is 34.6 Å². The number of pyridine rings is 1. The van der Waals surface area contributed by atoms with Crippen molar-refractivity contribution in [2.24, 2.45) is 0 Å². The van der Waals surface area contributed by atoms with Crippen LogP contribution >= 0.6 is 15.9 Å². The van der Waals surface area contributed by atoms with E-state index < -0.39 is 12.1 Å². The molecule has 124 valence electrons. The van der Waals surface area contributed by atoms with Gasteiger partial charge in [-0.2, -0.15) is 0 Å². The highest BCUT2D eigenvalue weighted by molar-refractivity contribution is 9.10. The number of esters is 1. The molecule has 1 atom stereocenters. The summed E-state index contributed by atoms with van der Waals surface area (Å²) in [5.41, 5.74) is 1.23. The average molecular weight is 391 g/mol. The summed E-state index contributed by atoms with van der Waals surface area (Å²) in [6.07, 6.45) is 1.97. The number of carbonyl (C=O) groups excluding carboxylic acids is 3. The zero-order chi connectivity index (χ0) is 17.7. The number of nitrogens with one attached hydrogen (secondary N) is 1. The molecule has 0 bridgehead atoms. The van der Waals surface area contributed by atoms with E-state index in [0.717, 1.165) is 0 Å². The van der Waals surface area contributed by atoms with Gasteiger partial charge in [-0.15, -0.1) is 0 Å². The number of ether oxygens (including phenoxy) is 1. The first-order chi connectivity index (χ1) is 11.4. The molecule has 6 nitrogen and oxygen atoms in total. The summed E-state index contributed by atoms with van der Waals surface area (Å²) >= 11 is 3.22. The van der Waals surface area contributed by atoms with E-state index in [1.54, 1.807) is 36.5 Å². The van der Waals surface area contributed by atoms with Gasteiger partial charge in [0.1, 0.15) is 0 Å². The van der Waals surface area contributed by atoms with Crippen LogP contribution in [0.15, 0.2) is 47.2 Å². The monoisotopic (exact) mass is 390 g/mol. The molecule has 1 aromatic heterocycles. The molecule has 7 heteroatoms. The van der Waals surface area contributed by atoms with E-state index in [9.17, 15) is 14.4 Å². The summed E-state index contributed by atoms with van der Waals surface area (Å²) in [5, 5.41) is 2.61. The van der Waals surface area contributed by atoms with Crippen molar-refractivity contribution in [3.63, 3.8) is 0 Å². The standard InChI is InChI=1S/C17H15BrN2O4/c1-10(24-17(23)13-7-14(18)9-19-8-13)16(22)12-3-5-15(6-4-12)20-11(2)21/h3-10H,1-2H3,(H,20,21)/t10-/m0/s1. The highest BCUT2D eigenvalue weighted by Crippen LogP contribution is 2.15. The number of Topliss-reactive ketones (excluding diaryl/α,β-unsaturated/α-hetero) is 1. The van der Waals surface area contributed by atoms with Gasteiger partial charge in [0.05, 0.1) is 5.56 Å². The molecule has 1 heterocycles. The molecule has 1 amide bonds. The van der Waals surface area contributed by atoms with Crippen molar-refractivity contribution >= 4 is 39.3 Å². The Morgan fingerprint density at radius 3 is 2.38 bits per heavy atom. The minimum atomic E-state index is -0.942. The first-order valence-corrected chi connectivity index (χ1v) is 7.89. The van der Waals surface area contributed by atoms with E-state index in [1.807, 2.05) is 0 Å². The van der Waals surface area contributed by atoms with Crippen LogP contribution in [0.5, 0.6) is 0 Å². The molecule has 0 radical (unpaired) electrons. The van der Waals surface area contributed by atoms with Gasteiger partial charge in [-0.05, 0) is 53.2 Å². The van der Waals surface area contributed by atoms with Crippen molar-refractivity contribution < 1.29 is 19.1 Å². The minimum Gasteiger partial charge on any atom is -0.451 e. The molecule has 0 fully saturated rings. The number of hydrogen-bond acceptors (Lipinski definition) is 5. The van der Waals surface area contributed by atoms with Gasteiger partial charge in [-0.1, -0.05) is 0 Å². The molecular weight excluding hydrogens is 376 g/mol. The van der Waals surface area contributed by atoms with Crippen molar-refractivity contribution in [3.8, 4) is 0 Å². The van der Waals surface area contributed by atoms with E-state index in [0.29, 0.717) is 15.7 Å². The maximum absolute atomic E-state index is 12.3. The molecular formula is C17H15BrN2O4. The van der Waals surface area contributed by atoms with Crippen molar-refractivity contribution in [1.82, 2.24) is 4.98 Å². The predicted molar refractivity (Wildman–Crippen MR) is 91.9 cm³/mol. The molecule has 0 saturated carbocycles. The number of nitrogens with zero attached hydrogens (tertiary/aromatic N) is 1. The molecule has 1 aromatic carbocycles. The normalized spacial score (nSPS) is 11.5. The fourth-order valence-corrected chi connectivity index (χ4v) is 2.33. The van der Waals surface area contributed by atoms with Gasteiger partial charge in [-0.25, -0.2) is 4.79 Å². The lowest BCUT2D eigenvalue weighted by molar-refractivity contribution is -0.114. The first-order valence-electron chi connectivity index (χ1n) is 7.10. The fourth-order valence-electron chi connectivity index (χ4n) is 1.96. The van der Waals surface area contributed by atoms with E-state index in [4.69, 9.17) is 4.74 Å². The Bertz CT molecular complexity index is 774. The fraction of sp³-hybridized carbons (Fsp3) is 0.176. The number of aromatic nitrogens is 1. The molecule has 0 aliphatic heterocycles. The van der Waals surface area contributed by atoms with Crippen LogP contribution in [0.2, 0.25) is 0 Å². The van der Waals surface area contributed by atoms with Crippen molar-refractivity contribution in [2.75, 3.05) is 5.32 Å². The lowest BCUT2D eigenvalue weighted by Gasteiger charge is -2.12. The van der Waals surface area contributed by atoms with Gasteiger partial charge in [0, 0.05) is 35.0 Å². The minimum absolute atomic E-state index is 0.195. The molecule has 0 unspecified atom stereocenters. The highest BCUT2D eigenvalue weighted by Gasteiger charge is 2.20. The topological polar surface area (TPSA) is 85.4 Å². The molecule has 1 N–H and O–H groups in total. The van der Waals surface area contributed by atoms with Crippen LogP contribution in [-0.4, -0.2) is 28.7 Å². The average Bonchev–Trinajstić information content (AvgIpc) is 2.54. The van der Waals surface area contributed by atoms with Gasteiger partial charge < -0.3 is 10.1 Å². The second-order valence-corrected chi connectivity index (χ2v) is 5.98. The zero-order valence-corrected chi connectivity index (χ0v) is 14.7. The van der Waals surface area contributed by atoms with Gasteiger partial charge in [0.25, 0.3) is 0 Å². The Morgan fingerprint density at radius 2 is 1.79 bits per heavy atom. The maximum atomic E-state index is 12.3. The van der Waals surface area contributed by atoms with Crippen LogP contribution in [-0.2, 0) is 9.53 Å². The Hall–Kier alpha value is -2.54. The second kappa shape index (κ2) is 7.83. The number of halogens is 1. The van der Waals surface area contributed by atoms with Crippen molar-refractivity contribution in [1.29, 1.82) is 0 Å². The first kappa shape index (κ1) is 17.8. The SMILES string of the molecule is CC(=O)Nc1ccc(C(=O)[C@H](C)OC(=O)c2cncc(Br)c2)cc1. The number of hydrogen-bond donors (Lipinski definition) is 1. The summed E-state index contributed by atoms with van der Waals surface area (Å²) in [6, 6.07) is 7.93. The summed E-state index contributed by atoms with van der Waals surface area (Å²) in [5.74, 6) is -1.15. The van der Waals surface area contributed by atoms with Crippen molar-refractivity contribution in [2.45, 2.75) is 20.0 Å². The molecule has 0 aliphatic rings. The number of carbonyl (C=O) groups is 3. The van der Waals surface area contributed by atoms with Crippen LogP contribution in [0, 0.1) is 0 Å². The lowest BCUT2D eigenvalue weighted by Crippen LogP contribution is -2.24. The molecule has 0 spiro atoms. The van der Waals surface area contributed by atoms with Gasteiger partial charge in [0.15, 0.2) is 6.10 Å². The smallest absolute Gasteiger partial charge is 0.340 e. The van der Waals surface area contributed by atoms with E-state index in [-0.39, 0.29) is 17.3 Å². The third-order valence-electron chi connectivity index (χ3n) is 3.08. The van der Waals surface area contributed by atoms with Gasteiger partial charge in [-0.3, -0.25) is 14.6 Å². The summed E-state index contributed by atoms with van der Waals surface area (Å²) in [4.78, 5) is 39.2. The highest BCUT2D eigenvalue weighted by atomic mass is 79.9. The van der Waals surface area contributed by atoms with Gasteiger partial charge in [0.2, 0.25) is 11.7 Å². The van der Waals surface area contributed by atoms with Gasteiger partial charge >= 0.3 is 5.97 Å². The van der Waals surface area contributed by atoms with Crippen LogP contribution in [0.3, 0.4) is 0 Å². The number of benzene rings is 1. The molecule has 2 aromatic rings. The Kier molecular flexibility index (Phi) is 5.81. The van der Waals surface area contributed by atoms with Crippen LogP contribution in [0.4, 0.5) is 5.69 Å². The largest absolute Gasteiger partial charge is 0.451 e. The third kappa shape index (κ3) is 4.73. The van der Waals surface area contributed by atoms with E-state index >= 15 is 0 Å². The van der Waals surface area contributed by atoms with Crippen LogP contribution < -0.4 is 5.32 Å². The molecule has 24 heavy (non-hydrogen) atoms. The molecule has 0 saturated heterocycles.